The zero-order chi connectivity index (χ0) is 37.2. The molecule has 274 valence electrons. The van der Waals surface area contributed by atoms with Gasteiger partial charge in [-0.15, -0.1) is 0 Å². The van der Waals surface area contributed by atoms with Gasteiger partial charge in [0.05, 0.1) is 67.7 Å². The number of hydrogen-bond donors (Lipinski definition) is 0. The van der Waals surface area contributed by atoms with E-state index < -0.39 is 55.2 Å². The number of morpholine rings is 1. The minimum absolute atomic E-state index is 0.00276. The highest BCUT2D eigenvalue weighted by atomic mass is 32.2. The summed E-state index contributed by atoms with van der Waals surface area (Å²) in [6, 6.07) is 16.9. The standard InChI is InChI=1S/C38H38F3N3O7S/c1-23-15-35-42-37(34(44(35)22-33(23)41)18-28-21-43(13-14-51-28)38(45)50-4)36-31(39)19-30(20-32(36)40)52(46,47)29(16-24-5-9-26(48-2)10-6-24)17-25-7-11-27(49-3)12-8-25/h5-12,15,19-20,22,28-29H,13-14,16-18,21H2,1-4H3/t28-/m0/s1. The second-order valence-electron chi connectivity index (χ2n) is 12.6. The number of carbonyl (C=O) groups is 1. The molecule has 2 aromatic heterocycles. The molecule has 6 rings (SSSR count). The van der Waals surface area contributed by atoms with Gasteiger partial charge in [0.25, 0.3) is 0 Å². The van der Waals surface area contributed by atoms with Gasteiger partial charge in [0.15, 0.2) is 9.84 Å². The molecular formula is C38H38F3N3O7S. The number of amides is 1. The highest BCUT2D eigenvalue weighted by molar-refractivity contribution is 7.92. The lowest BCUT2D eigenvalue weighted by Crippen LogP contribution is -2.46. The number of carbonyl (C=O) groups excluding carboxylic acids is 1. The Kier molecular flexibility index (Phi) is 10.8. The van der Waals surface area contributed by atoms with Gasteiger partial charge in [-0.25, -0.2) is 31.4 Å². The number of benzene rings is 3. The van der Waals surface area contributed by atoms with E-state index >= 15 is 8.78 Å². The molecule has 1 saturated heterocycles. The van der Waals surface area contributed by atoms with Crippen LogP contribution in [0.1, 0.15) is 22.4 Å². The third-order valence-electron chi connectivity index (χ3n) is 9.26. The van der Waals surface area contributed by atoms with Gasteiger partial charge in [-0.1, -0.05) is 24.3 Å². The molecule has 0 aliphatic carbocycles. The Morgan fingerprint density at radius 2 is 1.48 bits per heavy atom. The molecule has 0 saturated carbocycles. The molecule has 14 heteroatoms. The average Bonchev–Trinajstić information content (AvgIpc) is 3.46. The fourth-order valence-corrected chi connectivity index (χ4v) is 8.18. The Balaban J connectivity index is 1.40. The summed E-state index contributed by atoms with van der Waals surface area (Å²) in [5.41, 5.74) is 1.37. The van der Waals surface area contributed by atoms with Crippen molar-refractivity contribution in [3.8, 4) is 22.8 Å². The third kappa shape index (κ3) is 7.58. The minimum Gasteiger partial charge on any atom is -0.497 e. The number of imidazole rings is 1. The van der Waals surface area contributed by atoms with E-state index in [1.165, 1.54) is 49.8 Å². The normalized spacial score (nSPS) is 14.9. The van der Waals surface area contributed by atoms with Crippen LogP contribution in [0, 0.1) is 24.4 Å². The summed E-state index contributed by atoms with van der Waals surface area (Å²) in [5, 5.41) is -1.10. The Hall–Kier alpha value is -5.08. The number of halogens is 3. The van der Waals surface area contributed by atoms with Crippen molar-refractivity contribution < 1.29 is 45.3 Å². The molecule has 0 radical (unpaired) electrons. The predicted molar refractivity (Wildman–Crippen MR) is 187 cm³/mol. The average molecular weight is 738 g/mol. The van der Waals surface area contributed by atoms with E-state index in [9.17, 15) is 17.6 Å². The molecule has 10 nitrogen and oxygen atoms in total. The van der Waals surface area contributed by atoms with Crippen molar-refractivity contribution in [2.75, 3.05) is 41.0 Å². The smallest absolute Gasteiger partial charge is 0.409 e. The Morgan fingerprint density at radius 3 is 2.02 bits per heavy atom. The van der Waals surface area contributed by atoms with Gasteiger partial charge in [-0.2, -0.15) is 0 Å². The molecule has 0 spiro atoms. The van der Waals surface area contributed by atoms with Crippen molar-refractivity contribution in [3.63, 3.8) is 0 Å². The summed E-state index contributed by atoms with van der Waals surface area (Å²) >= 11 is 0. The van der Waals surface area contributed by atoms with Crippen molar-refractivity contribution >= 4 is 21.6 Å². The molecule has 1 amide bonds. The van der Waals surface area contributed by atoms with Crippen LogP contribution in [0.3, 0.4) is 0 Å². The number of ether oxygens (including phenoxy) is 4. The molecule has 0 unspecified atom stereocenters. The molecule has 1 aliphatic rings. The highest BCUT2D eigenvalue weighted by Gasteiger charge is 2.33. The quantitative estimate of drug-likeness (QED) is 0.154. The summed E-state index contributed by atoms with van der Waals surface area (Å²) in [7, 11) is -0.0383. The van der Waals surface area contributed by atoms with Crippen LogP contribution in [0.2, 0.25) is 0 Å². The zero-order valence-corrected chi connectivity index (χ0v) is 29.9. The first kappa shape index (κ1) is 36.7. The SMILES string of the molecule is COC(=O)N1CCO[C@@H](Cc2c(-c3c(F)cc(S(=O)(=O)C(Cc4ccc(OC)cc4)Cc4ccc(OC)cc4)cc3F)nc3cc(C)c(F)cn23)C1. The maximum Gasteiger partial charge on any atom is 0.409 e. The Bertz CT molecular complexity index is 2120. The molecule has 1 fully saturated rings. The number of methoxy groups -OCH3 is 3. The number of pyridine rings is 1. The van der Waals surface area contributed by atoms with Crippen molar-refractivity contribution in [2.45, 2.75) is 42.4 Å². The number of sulfone groups is 1. The van der Waals surface area contributed by atoms with Crippen LogP contribution >= 0.6 is 0 Å². The summed E-state index contributed by atoms with van der Waals surface area (Å²) < 4.78 is 98.7. The van der Waals surface area contributed by atoms with Crippen molar-refractivity contribution in [2.24, 2.45) is 0 Å². The lowest BCUT2D eigenvalue weighted by Gasteiger charge is -2.32. The predicted octanol–water partition coefficient (Wildman–Crippen LogP) is 6.38. The van der Waals surface area contributed by atoms with Crippen molar-refractivity contribution in [1.82, 2.24) is 14.3 Å². The van der Waals surface area contributed by atoms with Crippen LogP contribution in [0.4, 0.5) is 18.0 Å². The topological polar surface area (TPSA) is 109 Å². The second-order valence-corrected chi connectivity index (χ2v) is 14.8. The largest absolute Gasteiger partial charge is 0.497 e. The molecule has 3 heterocycles. The van der Waals surface area contributed by atoms with E-state index in [0.717, 1.165) is 12.1 Å². The Labute approximate surface area is 299 Å². The number of aryl methyl sites for hydroxylation is 1. The van der Waals surface area contributed by atoms with Crippen LogP contribution in [-0.2, 0) is 38.6 Å². The fraction of sp³-hybridized carbons (Fsp3) is 0.316. The lowest BCUT2D eigenvalue weighted by atomic mass is 10.0. The third-order valence-corrected chi connectivity index (χ3v) is 11.4. The van der Waals surface area contributed by atoms with E-state index in [4.69, 9.17) is 18.9 Å². The molecule has 3 aromatic carbocycles. The number of hydrogen-bond acceptors (Lipinski definition) is 8. The maximum absolute atomic E-state index is 16.3. The molecule has 0 bridgehead atoms. The molecular weight excluding hydrogens is 699 g/mol. The van der Waals surface area contributed by atoms with Crippen LogP contribution in [0.5, 0.6) is 11.5 Å². The van der Waals surface area contributed by atoms with E-state index in [-0.39, 0.29) is 61.6 Å². The van der Waals surface area contributed by atoms with Crippen molar-refractivity contribution in [3.05, 3.63) is 113 Å². The number of aromatic nitrogens is 2. The molecule has 1 aliphatic heterocycles. The molecule has 5 aromatic rings. The lowest BCUT2D eigenvalue weighted by molar-refractivity contribution is -0.0241. The van der Waals surface area contributed by atoms with Gasteiger partial charge >= 0.3 is 6.09 Å². The first-order chi connectivity index (χ1) is 24.9. The van der Waals surface area contributed by atoms with E-state index in [1.807, 2.05) is 0 Å². The summed E-state index contributed by atoms with van der Waals surface area (Å²) in [5.74, 6) is -1.69. The monoisotopic (exact) mass is 737 g/mol. The van der Waals surface area contributed by atoms with Gasteiger partial charge in [0.1, 0.15) is 34.6 Å². The summed E-state index contributed by atoms with van der Waals surface area (Å²) in [4.78, 5) is 17.6. The molecule has 1 atom stereocenters. The molecule has 52 heavy (non-hydrogen) atoms. The second kappa shape index (κ2) is 15.3. The highest BCUT2D eigenvalue weighted by Crippen LogP contribution is 2.35. The van der Waals surface area contributed by atoms with Gasteiger partial charge in [-0.05, 0) is 78.9 Å². The van der Waals surface area contributed by atoms with Crippen LogP contribution in [0.25, 0.3) is 16.9 Å². The number of fused-ring (bicyclic) bond motifs is 1. The summed E-state index contributed by atoms with van der Waals surface area (Å²) in [6.07, 6.45) is 0.0772. The summed E-state index contributed by atoms with van der Waals surface area (Å²) in [6.45, 7) is 2.12. The first-order valence-corrected chi connectivity index (χ1v) is 18.1. The molecule has 0 N–H and O–H groups in total. The van der Waals surface area contributed by atoms with Gasteiger partial charge in [0, 0.05) is 19.2 Å². The van der Waals surface area contributed by atoms with Crippen LogP contribution in [0.15, 0.2) is 77.8 Å². The number of nitrogens with zero attached hydrogens (tertiary/aromatic N) is 3. The Morgan fingerprint density at radius 1 is 0.904 bits per heavy atom. The number of rotatable bonds is 11. The fourth-order valence-electron chi connectivity index (χ4n) is 6.43. The van der Waals surface area contributed by atoms with E-state index in [1.54, 1.807) is 48.5 Å². The van der Waals surface area contributed by atoms with Gasteiger partial charge in [-0.3, -0.25) is 0 Å². The van der Waals surface area contributed by atoms with Gasteiger partial charge in [0.2, 0.25) is 0 Å². The van der Waals surface area contributed by atoms with E-state index in [2.05, 4.69) is 4.98 Å². The minimum atomic E-state index is -4.35. The zero-order valence-electron chi connectivity index (χ0n) is 29.1. The van der Waals surface area contributed by atoms with Crippen molar-refractivity contribution in [1.29, 1.82) is 0 Å². The van der Waals surface area contributed by atoms with Crippen LogP contribution in [-0.4, -0.2) is 81.2 Å². The van der Waals surface area contributed by atoms with Gasteiger partial charge < -0.3 is 28.2 Å². The van der Waals surface area contributed by atoms with Crippen LogP contribution < -0.4 is 9.47 Å². The van der Waals surface area contributed by atoms with E-state index in [0.29, 0.717) is 22.6 Å². The maximum atomic E-state index is 16.3. The first-order valence-electron chi connectivity index (χ1n) is 16.5.